The fourth-order valence-electron chi connectivity index (χ4n) is 1.58. The number of benzene rings is 1. The van der Waals surface area contributed by atoms with Crippen LogP contribution >= 0.6 is 12.6 Å². The summed E-state index contributed by atoms with van der Waals surface area (Å²) in [5.41, 5.74) is 0.445. The van der Waals surface area contributed by atoms with Crippen LogP contribution in [0.1, 0.15) is 12.5 Å². The number of aliphatic carboxylic acids is 1. The minimum absolute atomic E-state index is 0.152. The molecule has 0 fully saturated rings. The van der Waals surface area contributed by atoms with Crippen LogP contribution < -0.4 is 5.32 Å². The van der Waals surface area contributed by atoms with Gasteiger partial charge in [0.15, 0.2) is 11.6 Å². The van der Waals surface area contributed by atoms with Crippen LogP contribution in [0.5, 0.6) is 0 Å². The number of carbonyl (C=O) groups is 2. The lowest BCUT2D eigenvalue weighted by atomic mass is 9.99. The molecule has 0 heterocycles. The number of carbonyl (C=O) groups excluding carboxylic acids is 1. The van der Waals surface area contributed by atoms with E-state index in [1.807, 2.05) is 0 Å². The second-order valence-electron chi connectivity index (χ2n) is 4.40. The van der Waals surface area contributed by atoms with E-state index in [0.29, 0.717) is 5.56 Å². The van der Waals surface area contributed by atoms with Gasteiger partial charge in [0.25, 0.3) is 0 Å². The SMILES string of the molecule is C[C@@H](NC(=O)[C@@H](CS)Cc1ccc(F)c(F)c1)C(=O)O. The van der Waals surface area contributed by atoms with Gasteiger partial charge in [0.2, 0.25) is 5.91 Å². The van der Waals surface area contributed by atoms with E-state index in [9.17, 15) is 18.4 Å². The summed E-state index contributed by atoms with van der Waals surface area (Å²) in [5, 5.41) is 11.0. The molecular weight excluding hydrogens is 288 g/mol. The maximum absolute atomic E-state index is 13.1. The summed E-state index contributed by atoms with van der Waals surface area (Å²) in [7, 11) is 0. The molecule has 1 amide bonds. The molecule has 0 saturated heterocycles. The second-order valence-corrected chi connectivity index (χ2v) is 4.77. The third-order valence-electron chi connectivity index (χ3n) is 2.79. The van der Waals surface area contributed by atoms with E-state index in [2.05, 4.69) is 17.9 Å². The van der Waals surface area contributed by atoms with Gasteiger partial charge in [-0.25, -0.2) is 8.78 Å². The Kier molecular flexibility index (Phi) is 5.94. The van der Waals surface area contributed by atoms with Crippen molar-refractivity contribution in [2.24, 2.45) is 5.92 Å². The van der Waals surface area contributed by atoms with Crippen LogP contribution in [0.4, 0.5) is 8.78 Å². The lowest BCUT2D eigenvalue weighted by molar-refractivity contribution is -0.141. The first-order valence-electron chi connectivity index (χ1n) is 5.93. The Labute approximate surface area is 120 Å². The summed E-state index contributed by atoms with van der Waals surface area (Å²) < 4.78 is 25.9. The van der Waals surface area contributed by atoms with Crippen LogP contribution in [0, 0.1) is 17.6 Å². The highest BCUT2D eigenvalue weighted by molar-refractivity contribution is 7.80. The van der Waals surface area contributed by atoms with Gasteiger partial charge in [0, 0.05) is 5.75 Å². The maximum atomic E-state index is 13.1. The number of halogens is 2. The molecule has 2 atom stereocenters. The Balaban J connectivity index is 2.73. The molecule has 0 spiro atoms. The zero-order valence-corrected chi connectivity index (χ0v) is 11.7. The summed E-state index contributed by atoms with van der Waals surface area (Å²) in [6.07, 6.45) is 0.152. The zero-order valence-electron chi connectivity index (χ0n) is 10.8. The summed E-state index contributed by atoms with van der Waals surface area (Å²) in [6, 6.07) is 2.36. The number of thiol groups is 1. The molecule has 1 aromatic carbocycles. The van der Waals surface area contributed by atoms with Crippen LogP contribution in [0.15, 0.2) is 18.2 Å². The van der Waals surface area contributed by atoms with Crippen molar-refractivity contribution in [2.75, 3.05) is 5.75 Å². The number of carboxylic acids is 1. The number of nitrogens with one attached hydrogen (secondary N) is 1. The summed E-state index contributed by atoms with van der Waals surface area (Å²) in [4.78, 5) is 22.5. The molecule has 110 valence electrons. The number of hydrogen-bond donors (Lipinski definition) is 3. The molecule has 2 N–H and O–H groups in total. The summed E-state index contributed by atoms with van der Waals surface area (Å²) in [5.74, 6) is -4.04. The van der Waals surface area contributed by atoms with Gasteiger partial charge in [0.1, 0.15) is 6.04 Å². The van der Waals surface area contributed by atoms with Crippen LogP contribution in [0.3, 0.4) is 0 Å². The molecule has 7 heteroatoms. The molecule has 0 aliphatic carbocycles. The number of carboxylic acid groups (broad SMARTS) is 1. The Morgan fingerprint density at radius 1 is 1.35 bits per heavy atom. The molecule has 0 aliphatic heterocycles. The van der Waals surface area contributed by atoms with E-state index >= 15 is 0 Å². The molecule has 0 radical (unpaired) electrons. The van der Waals surface area contributed by atoms with Gasteiger partial charge < -0.3 is 10.4 Å². The third kappa shape index (κ3) is 4.48. The zero-order chi connectivity index (χ0) is 15.3. The number of amides is 1. The normalized spacial score (nSPS) is 13.6. The van der Waals surface area contributed by atoms with E-state index in [4.69, 9.17) is 5.11 Å². The van der Waals surface area contributed by atoms with Crippen molar-refractivity contribution in [3.8, 4) is 0 Å². The van der Waals surface area contributed by atoms with E-state index in [1.54, 1.807) is 0 Å². The molecule has 0 bridgehead atoms. The molecule has 1 rings (SSSR count). The Bertz CT molecular complexity index is 510. The summed E-state index contributed by atoms with van der Waals surface area (Å²) in [6.45, 7) is 1.34. The monoisotopic (exact) mass is 303 g/mol. The molecule has 0 unspecified atom stereocenters. The molecule has 4 nitrogen and oxygen atoms in total. The molecular formula is C13H15F2NO3S. The van der Waals surface area contributed by atoms with Crippen LogP contribution in [-0.4, -0.2) is 28.8 Å². The fourth-order valence-corrected chi connectivity index (χ4v) is 1.88. The highest BCUT2D eigenvalue weighted by atomic mass is 32.1. The first kappa shape index (κ1) is 16.4. The van der Waals surface area contributed by atoms with Gasteiger partial charge >= 0.3 is 5.97 Å². The van der Waals surface area contributed by atoms with Crippen molar-refractivity contribution in [3.05, 3.63) is 35.4 Å². The van der Waals surface area contributed by atoms with Gasteiger partial charge in [-0.15, -0.1) is 0 Å². The van der Waals surface area contributed by atoms with Gasteiger partial charge in [0.05, 0.1) is 5.92 Å². The van der Waals surface area contributed by atoms with Crippen LogP contribution in [-0.2, 0) is 16.0 Å². The van der Waals surface area contributed by atoms with E-state index < -0.39 is 35.5 Å². The largest absolute Gasteiger partial charge is 0.480 e. The summed E-state index contributed by atoms with van der Waals surface area (Å²) >= 11 is 4.03. The molecule has 0 saturated carbocycles. The highest BCUT2D eigenvalue weighted by Crippen LogP contribution is 2.14. The Hall–Kier alpha value is -1.63. The smallest absolute Gasteiger partial charge is 0.325 e. The minimum Gasteiger partial charge on any atom is -0.480 e. The Morgan fingerprint density at radius 2 is 2.00 bits per heavy atom. The maximum Gasteiger partial charge on any atom is 0.325 e. The van der Waals surface area contributed by atoms with Gasteiger partial charge in [-0.1, -0.05) is 6.07 Å². The first-order valence-corrected chi connectivity index (χ1v) is 6.56. The second kappa shape index (κ2) is 7.23. The van der Waals surface area contributed by atoms with Gasteiger partial charge in [-0.3, -0.25) is 9.59 Å². The number of hydrogen-bond acceptors (Lipinski definition) is 3. The predicted molar refractivity (Wildman–Crippen MR) is 72.6 cm³/mol. The van der Waals surface area contributed by atoms with Crippen molar-refractivity contribution in [1.82, 2.24) is 5.32 Å². The quantitative estimate of drug-likeness (QED) is 0.700. The third-order valence-corrected chi connectivity index (χ3v) is 3.23. The molecule has 0 aromatic heterocycles. The number of rotatable bonds is 6. The fraction of sp³-hybridized carbons (Fsp3) is 0.385. The molecule has 20 heavy (non-hydrogen) atoms. The minimum atomic E-state index is -1.15. The lowest BCUT2D eigenvalue weighted by Crippen LogP contribution is -2.42. The standard InChI is InChI=1S/C13H15F2NO3S/c1-7(13(18)19)16-12(17)9(6-20)4-8-2-3-10(14)11(15)5-8/h2-3,5,7,9,20H,4,6H2,1H3,(H,16,17)(H,18,19)/t7-,9-/m1/s1. The van der Waals surface area contributed by atoms with Gasteiger partial charge in [-0.05, 0) is 31.0 Å². The van der Waals surface area contributed by atoms with E-state index in [0.717, 1.165) is 12.1 Å². The topological polar surface area (TPSA) is 66.4 Å². The lowest BCUT2D eigenvalue weighted by Gasteiger charge is -2.17. The van der Waals surface area contributed by atoms with Crippen molar-refractivity contribution in [2.45, 2.75) is 19.4 Å². The molecule has 1 aromatic rings. The predicted octanol–water partition coefficient (Wildman–Crippen LogP) is 1.64. The van der Waals surface area contributed by atoms with Crippen LogP contribution in [0.2, 0.25) is 0 Å². The van der Waals surface area contributed by atoms with Crippen LogP contribution in [0.25, 0.3) is 0 Å². The first-order chi connectivity index (χ1) is 9.35. The Morgan fingerprint density at radius 3 is 2.50 bits per heavy atom. The molecule has 0 aliphatic rings. The van der Waals surface area contributed by atoms with E-state index in [-0.39, 0.29) is 12.2 Å². The average Bonchev–Trinajstić information content (AvgIpc) is 2.39. The highest BCUT2D eigenvalue weighted by Gasteiger charge is 2.22. The van der Waals surface area contributed by atoms with Crippen molar-refractivity contribution >= 4 is 24.5 Å². The van der Waals surface area contributed by atoms with E-state index in [1.165, 1.54) is 13.0 Å². The average molecular weight is 303 g/mol. The van der Waals surface area contributed by atoms with Gasteiger partial charge in [-0.2, -0.15) is 12.6 Å². The van der Waals surface area contributed by atoms with Crippen molar-refractivity contribution in [3.63, 3.8) is 0 Å². The van der Waals surface area contributed by atoms with Crippen molar-refractivity contribution in [1.29, 1.82) is 0 Å². The van der Waals surface area contributed by atoms with Crippen molar-refractivity contribution < 1.29 is 23.5 Å².